The van der Waals surface area contributed by atoms with E-state index in [1.165, 1.54) is 25.7 Å². The molecule has 2 heterocycles. The molecule has 5 heteroatoms. The van der Waals surface area contributed by atoms with Gasteiger partial charge in [0.2, 0.25) is 5.28 Å². The summed E-state index contributed by atoms with van der Waals surface area (Å²) < 4.78 is 0. The lowest BCUT2D eigenvalue weighted by Gasteiger charge is -2.23. The average molecular weight is 269 g/mol. The molecule has 1 fully saturated rings. The fourth-order valence-electron chi connectivity index (χ4n) is 2.56. The molecule has 1 atom stereocenters. The molecule has 1 unspecified atom stereocenters. The standard InChI is InChI=1S/C13H21ClN4/c1-3-10-5-4-7-18(8-6-10)12-11(15)9(2)16-13(14)17-12/h10H,3-8,15H2,1-2H3. The number of nitrogens with zero attached hydrogens (tertiary/aromatic N) is 3. The molecule has 0 aliphatic carbocycles. The molecule has 0 amide bonds. The zero-order valence-corrected chi connectivity index (χ0v) is 11.9. The van der Waals surface area contributed by atoms with Crippen LogP contribution >= 0.6 is 11.6 Å². The van der Waals surface area contributed by atoms with Crippen LogP contribution in [-0.4, -0.2) is 23.1 Å². The third-order valence-corrected chi connectivity index (χ3v) is 3.98. The first-order chi connectivity index (χ1) is 8.61. The molecule has 2 rings (SSSR count). The number of anilines is 2. The molecule has 0 saturated carbocycles. The second kappa shape index (κ2) is 5.74. The summed E-state index contributed by atoms with van der Waals surface area (Å²) in [6, 6.07) is 0. The van der Waals surface area contributed by atoms with Crippen molar-refractivity contribution in [2.24, 2.45) is 5.92 Å². The topological polar surface area (TPSA) is 55.0 Å². The lowest BCUT2D eigenvalue weighted by molar-refractivity contribution is 0.459. The summed E-state index contributed by atoms with van der Waals surface area (Å²) in [4.78, 5) is 10.6. The van der Waals surface area contributed by atoms with Gasteiger partial charge in [0.1, 0.15) is 0 Å². The summed E-state index contributed by atoms with van der Waals surface area (Å²) >= 11 is 5.93. The molecule has 0 spiro atoms. The van der Waals surface area contributed by atoms with Crippen LogP contribution in [0.2, 0.25) is 5.28 Å². The van der Waals surface area contributed by atoms with Crippen LogP contribution in [-0.2, 0) is 0 Å². The number of aryl methyl sites for hydroxylation is 1. The number of aromatic nitrogens is 2. The number of halogens is 1. The molecule has 100 valence electrons. The van der Waals surface area contributed by atoms with Gasteiger partial charge in [0, 0.05) is 13.1 Å². The summed E-state index contributed by atoms with van der Waals surface area (Å²) in [7, 11) is 0. The van der Waals surface area contributed by atoms with Gasteiger partial charge in [0.15, 0.2) is 5.82 Å². The van der Waals surface area contributed by atoms with Crippen LogP contribution in [0.1, 0.15) is 38.3 Å². The molecule has 4 nitrogen and oxygen atoms in total. The Hall–Kier alpha value is -1.03. The Kier molecular flexibility index (Phi) is 4.27. The number of hydrogen-bond donors (Lipinski definition) is 1. The van der Waals surface area contributed by atoms with E-state index < -0.39 is 0 Å². The largest absolute Gasteiger partial charge is 0.394 e. The van der Waals surface area contributed by atoms with Crippen LogP contribution in [0.15, 0.2) is 0 Å². The molecular weight excluding hydrogens is 248 g/mol. The molecule has 18 heavy (non-hydrogen) atoms. The zero-order valence-electron chi connectivity index (χ0n) is 11.1. The third-order valence-electron chi connectivity index (χ3n) is 3.81. The quantitative estimate of drug-likeness (QED) is 0.838. The van der Waals surface area contributed by atoms with Gasteiger partial charge in [-0.1, -0.05) is 13.3 Å². The molecular formula is C13H21ClN4. The monoisotopic (exact) mass is 268 g/mol. The third kappa shape index (κ3) is 2.86. The van der Waals surface area contributed by atoms with Crippen LogP contribution in [0.3, 0.4) is 0 Å². The smallest absolute Gasteiger partial charge is 0.224 e. The van der Waals surface area contributed by atoms with Crippen molar-refractivity contribution >= 4 is 23.1 Å². The second-order valence-corrected chi connectivity index (χ2v) is 5.35. The summed E-state index contributed by atoms with van der Waals surface area (Å²) in [5.74, 6) is 1.64. The maximum absolute atomic E-state index is 6.08. The lowest BCUT2D eigenvalue weighted by atomic mass is 9.98. The van der Waals surface area contributed by atoms with Crippen molar-refractivity contribution in [3.05, 3.63) is 11.0 Å². The Labute approximate surface area is 114 Å². The zero-order chi connectivity index (χ0) is 13.1. The number of hydrogen-bond acceptors (Lipinski definition) is 4. The molecule has 1 saturated heterocycles. The first-order valence-corrected chi connectivity index (χ1v) is 7.04. The van der Waals surface area contributed by atoms with E-state index in [0.29, 0.717) is 5.69 Å². The molecule has 1 aromatic rings. The minimum atomic E-state index is 0.285. The Balaban J connectivity index is 2.21. The molecule has 1 aliphatic rings. The molecule has 2 N–H and O–H groups in total. The summed E-state index contributed by atoms with van der Waals surface area (Å²) in [6.07, 6.45) is 4.95. The van der Waals surface area contributed by atoms with Gasteiger partial charge in [-0.05, 0) is 43.7 Å². The van der Waals surface area contributed by atoms with Crippen molar-refractivity contribution in [1.82, 2.24) is 9.97 Å². The number of nitrogen functional groups attached to an aromatic ring is 1. The number of rotatable bonds is 2. The predicted molar refractivity (Wildman–Crippen MR) is 76.0 cm³/mol. The van der Waals surface area contributed by atoms with Gasteiger partial charge in [-0.3, -0.25) is 0 Å². The van der Waals surface area contributed by atoms with Crippen molar-refractivity contribution in [2.45, 2.75) is 39.5 Å². The van der Waals surface area contributed by atoms with Crippen LogP contribution in [0, 0.1) is 12.8 Å². The lowest BCUT2D eigenvalue weighted by Crippen LogP contribution is -2.26. The molecule has 0 aromatic carbocycles. The first kappa shape index (κ1) is 13.4. The summed E-state index contributed by atoms with van der Waals surface area (Å²) in [5.41, 5.74) is 7.50. The van der Waals surface area contributed by atoms with E-state index in [2.05, 4.69) is 21.8 Å². The fraction of sp³-hybridized carbons (Fsp3) is 0.692. The average Bonchev–Trinajstić information content (AvgIpc) is 2.59. The first-order valence-electron chi connectivity index (χ1n) is 6.66. The van der Waals surface area contributed by atoms with Gasteiger partial charge < -0.3 is 10.6 Å². The van der Waals surface area contributed by atoms with Gasteiger partial charge in [0.05, 0.1) is 11.4 Å². The SMILES string of the molecule is CCC1CCCN(c2nc(Cl)nc(C)c2N)CC1. The summed E-state index contributed by atoms with van der Waals surface area (Å²) in [6.45, 7) is 6.16. The molecule has 1 aromatic heterocycles. The van der Waals surface area contributed by atoms with Gasteiger partial charge in [-0.2, -0.15) is 4.98 Å². The Morgan fingerprint density at radius 3 is 2.83 bits per heavy atom. The highest BCUT2D eigenvalue weighted by molar-refractivity contribution is 6.28. The number of nitrogens with two attached hydrogens (primary N) is 1. The van der Waals surface area contributed by atoms with Crippen molar-refractivity contribution in [3.8, 4) is 0 Å². The van der Waals surface area contributed by atoms with Crippen LogP contribution in [0.5, 0.6) is 0 Å². The minimum absolute atomic E-state index is 0.285. The normalized spacial score (nSPS) is 20.8. The highest BCUT2D eigenvalue weighted by atomic mass is 35.5. The predicted octanol–water partition coefficient (Wildman–Crippen LogP) is 3.04. The van der Waals surface area contributed by atoms with Crippen LogP contribution < -0.4 is 10.6 Å². The van der Waals surface area contributed by atoms with Crippen molar-refractivity contribution in [2.75, 3.05) is 23.7 Å². The van der Waals surface area contributed by atoms with Gasteiger partial charge in [0.25, 0.3) is 0 Å². The van der Waals surface area contributed by atoms with Crippen LogP contribution in [0.4, 0.5) is 11.5 Å². The van der Waals surface area contributed by atoms with E-state index in [4.69, 9.17) is 17.3 Å². The molecule has 0 bridgehead atoms. The Morgan fingerprint density at radius 1 is 1.33 bits per heavy atom. The second-order valence-electron chi connectivity index (χ2n) is 5.01. The molecule has 1 aliphatic heterocycles. The van der Waals surface area contributed by atoms with E-state index in [0.717, 1.165) is 30.5 Å². The highest BCUT2D eigenvalue weighted by Crippen LogP contribution is 2.28. The fourth-order valence-corrected chi connectivity index (χ4v) is 2.77. The highest BCUT2D eigenvalue weighted by Gasteiger charge is 2.20. The van der Waals surface area contributed by atoms with E-state index >= 15 is 0 Å². The van der Waals surface area contributed by atoms with Gasteiger partial charge in [-0.15, -0.1) is 0 Å². The maximum Gasteiger partial charge on any atom is 0.224 e. The summed E-state index contributed by atoms with van der Waals surface area (Å²) in [5, 5.41) is 0.285. The Bertz CT molecular complexity index is 422. The van der Waals surface area contributed by atoms with Crippen molar-refractivity contribution in [1.29, 1.82) is 0 Å². The van der Waals surface area contributed by atoms with Gasteiger partial charge >= 0.3 is 0 Å². The van der Waals surface area contributed by atoms with Crippen molar-refractivity contribution < 1.29 is 0 Å². The Morgan fingerprint density at radius 2 is 2.11 bits per heavy atom. The van der Waals surface area contributed by atoms with Gasteiger partial charge in [-0.25, -0.2) is 4.98 Å². The van der Waals surface area contributed by atoms with Crippen LogP contribution in [0.25, 0.3) is 0 Å². The minimum Gasteiger partial charge on any atom is -0.394 e. The molecule has 0 radical (unpaired) electrons. The van der Waals surface area contributed by atoms with E-state index in [-0.39, 0.29) is 5.28 Å². The van der Waals surface area contributed by atoms with Crippen molar-refractivity contribution in [3.63, 3.8) is 0 Å². The van der Waals surface area contributed by atoms with E-state index in [1.807, 2.05) is 6.92 Å². The van der Waals surface area contributed by atoms with E-state index in [9.17, 15) is 0 Å². The van der Waals surface area contributed by atoms with E-state index in [1.54, 1.807) is 0 Å². The maximum atomic E-state index is 6.08.